The average molecular weight is 214 g/mol. The average Bonchev–Trinajstić information content (AvgIpc) is 2.56. The molecule has 1 amide bonds. The summed E-state index contributed by atoms with van der Waals surface area (Å²) < 4.78 is 0. The fourth-order valence-corrected chi connectivity index (χ4v) is 1.70. The van der Waals surface area contributed by atoms with Crippen LogP contribution in [0.2, 0.25) is 0 Å². The molecule has 0 atom stereocenters. The van der Waals surface area contributed by atoms with Gasteiger partial charge >= 0.3 is 0 Å². The Hall–Kier alpha value is -2.36. The molecular weight excluding hydrogens is 204 g/mol. The molecule has 1 aromatic heterocycles. The molecule has 2 N–H and O–H groups in total. The summed E-state index contributed by atoms with van der Waals surface area (Å²) in [5.41, 5.74) is 0.656. The molecule has 0 bridgehead atoms. The third-order valence-electron chi connectivity index (χ3n) is 2.32. The maximum absolute atomic E-state index is 11.6. The summed E-state index contributed by atoms with van der Waals surface area (Å²) in [5, 5.41) is 3.87. The number of hydrogen-bond acceptors (Lipinski definition) is 2. The van der Waals surface area contributed by atoms with Gasteiger partial charge in [0.25, 0.3) is 5.91 Å². The number of nitrogens with one attached hydrogen (secondary N) is 2. The number of H-pyrrole nitrogens is 1. The second kappa shape index (κ2) is 3.66. The van der Waals surface area contributed by atoms with Crippen molar-refractivity contribution in [2.45, 2.75) is 0 Å². The van der Waals surface area contributed by atoms with E-state index >= 15 is 0 Å². The van der Waals surface area contributed by atoms with Crippen molar-refractivity contribution < 1.29 is 4.79 Å². The molecule has 2 rings (SSSR count). The zero-order chi connectivity index (χ0) is 11.7. The number of hydrogen-bond donors (Lipinski definition) is 2. The van der Waals surface area contributed by atoms with E-state index in [-0.39, 0.29) is 11.5 Å². The van der Waals surface area contributed by atoms with Gasteiger partial charge < -0.3 is 10.3 Å². The van der Waals surface area contributed by atoms with Crippen LogP contribution in [0.15, 0.2) is 36.2 Å². The van der Waals surface area contributed by atoms with E-state index in [4.69, 9.17) is 0 Å². The minimum atomic E-state index is -0.313. The van der Waals surface area contributed by atoms with Gasteiger partial charge in [-0.25, -0.2) is 0 Å². The predicted octanol–water partition coefficient (Wildman–Crippen LogP) is -0.621. The summed E-state index contributed by atoms with van der Waals surface area (Å²) >= 11 is 0. The molecule has 0 aromatic carbocycles. The first-order valence-corrected chi connectivity index (χ1v) is 4.71. The molecule has 80 valence electrons. The highest BCUT2D eigenvalue weighted by atomic mass is 16.2. The zero-order valence-corrected chi connectivity index (χ0v) is 8.54. The van der Waals surface area contributed by atoms with Gasteiger partial charge in [0.05, 0.1) is 16.6 Å². The van der Waals surface area contributed by atoms with Crippen molar-refractivity contribution in [3.8, 4) is 0 Å². The number of fused-ring (bicyclic) bond motifs is 1. The number of carbonyl (C=O) groups excluding carboxylic acids is 1. The molecule has 16 heavy (non-hydrogen) atoms. The number of pyridine rings is 1. The molecule has 1 aromatic rings. The van der Waals surface area contributed by atoms with E-state index in [1.165, 1.54) is 6.07 Å². The van der Waals surface area contributed by atoms with Crippen molar-refractivity contribution in [3.63, 3.8) is 0 Å². The van der Waals surface area contributed by atoms with Crippen LogP contribution in [-0.2, 0) is 0 Å². The number of aromatic amines is 1. The van der Waals surface area contributed by atoms with Crippen molar-refractivity contribution in [2.24, 2.45) is 0 Å². The van der Waals surface area contributed by atoms with Gasteiger partial charge in [-0.15, -0.1) is 0 Å². The number of carbonyl (C=O) groups is 1. The van der Waals surface area contributed by atoms with E-state index in [9.17, 15) is 9.59 Å². The van der Waals surface area contributed by atoms with Crippen LogP contribution in [0.25, 0.3) is 11.8 Å². The van der Waals surface area contributed by atoms with Gasteiger partial charge in [0.15, 0.2) is 0 Å². The van der Waals surface area contributed by atoms with E-state index in [1.54, 1.807) is 18.2 Å². The SMILES string of the molecule is C=C/C=c1/[nH]c(=O)cc2c1=C(C=C)NC2=O. The van der Waals surface area contributed by atoms with Gasteiger partial charge in [-0.2, -0.15) is 0 Å². The molecule has 0 spiro atoms. The Morgan fingerprint density at radius 3 is 2.62 bits per heavy atom. The molecule has 4 nitrogen and oxygen atoms in total. The molecular formula is C12H10N2O2. The van der Waals surface area contributed by atoms with Gasteiger partial charge in [0.1, 0.15) is 0 Å². The van der Waals surface area contributed by atoms with Gasteiger partial charge in [-0.1, -0.05) is 19.2 Å². The first-order chi connectivity index (χ1) is 7.67. The van der Waals surface area contributed by atoms with Crippen LogP contribution in [-0.4, -0.2) is 10.9 Å². The van der Waals surface area contributed by atoms with Crippen LogP contribution in [0.3, 0.4) is 0 Å². The van der Waals surface area contributed by atoms with Gasteiger partial charge in [-0.3, -0.25) is 9.59 Å². The van der Waals surface area contributed by atoms with Crippen molar-refractivity contribution in [2.75, 3.05) is 0 Å². The van der Waals surface area contributed by atoms with Crippen LogP contribution in [0.1, 0.15) is 10.4 Å². The smallest absolute Gasteiger partial charge is 0.256 e. The second-order valence-corrected chi connectivity index (χ2v) is 3.31. The predicted molar refractivity (Wildman–Crippen MR) is 62.0 cm³/mol. The molecule has 0 saturated heterocycles. The Morgan fingerprint density at radius 1 is 1.25 bits per heavy atom. The molecule has 4 heteroatoms. The number of allylic oxidation sites excluding steroid dienone is 1. The molecule has 0 saturated carbocycles. The van der Waals surface area contributed by atoms with Crippen molar-refractivity contribution in [1.82, 2.24) is 10.3 Å². The fourth-order valence-electron chi connectivity index (χ4n) is 1.70. The van der Waals surface area contributed by atoms with E-state index in [1.807, 2.05) is 0 Å². The van der Waals surface area contributed by atoms with Crippen LogP contribution < -0.4 is 21.4 Å². The summed E-state index contributed by atoms with van der Waals surface area (Å²) in [6, 6.07) is 1.28. The maximum Gasteiger partial charge on any atom is 0.256 e. The quantitative estimate of drug-likeness (QED) is 0.689. The van der Waals surface area contributed by atoms with Crippen molar-refractivity contribution >= 4 is 17.7 Å². The highest BCUT2D eigenvalue weighted by Gasteiger charge is 2.18. The minimum absolute atomic E-state index is 0.283. The van der Waals surface area contributed by atoms with E-state index in [0.29, 0.717) is 21.8 Å². The zero-order valence-electron chi connectivity index (χ0n) is 8.54. The lowest BCUT2D eigenvalue weighted by Gasteiger charge is -1.91. The largest absolute Gasteiger partial charge is 0.322 e. The Bertz CT molecular complexity index is 665. The molecule has 1 aliphatic rings. The topological polar surface area (TPSA) is 62.0 Å². The van der Waals surface area contributed by atoms with Gasteiger partial charge in [0, 0.05) is 11.3 Å². The summed E-state index contributed by atoms with van der Waals surface area (Å²) in [6.45, 7) is 7.18. The Balaban J connectivity index is 3.05. The normalized spacial score (nSPS) is 14.6. The minimum Gasteiger partial charge on any atom is -0.322 e. The lowest BCUT2D eigenvalue weighted by atomic mass is 10.2. The van der Waals surface area contributed by atoms with Crippen molar-refractivity contribution in [3.05, 3.63) is 57.9 Å². The van der Waals surface area contributed by atoms with Crippen LogP contribution in [0, 0.1) is 0 Å². The number of aromatic nitrogens is 1. The van der Waals surface area contributed by atoms with E-state index in [0.717, 1.165) is 0 Å². The first-order valence-electron chi connectivity index (χ1n) is 4.71. The number of amides is 1. The lowest BCUT2D eigenvalue weighted by Crippen LogP contribution is -2.36. The third-order valence-corrected chi connectivity index (χ3v) is 2.32. The molecule has 0 unspecified atom stereocenters. The highest BCUT2D eigenvalue weighted by Crippen LogP contribution is 1.99. The fraction of sp³-hybridized carbons (Fsp3) is 0. The van der Waals surface area contributed by atoms with Crippen LogP contribution in [0.5, 0.6) is 0 Å². The summed E-state index contributed by atoms with van der Waals surface area (Å²) in [7, 11) is 0. The maximum atomic E-state index is 11.6. The Labute approximate surface area is 91.3 Å². The third kappa shape index (κ3) is 1.40. The lowest BCUT2D eigenvalue weighted by molar-refractivity contribution is 0.0978. The molecule has 0 aliphatic carbocycles. The molecule has 2 heterocycles. The molecule has 0 radical (unpaired) electrons. The summed E-state index contributed by atoms with van der Waals surface area (Å²) in [6.07, 6.45) is 4.74. The van der Waals surface area contributed by atoms with Crippen LogP contribution >= 0.6 is 0 Å². The Kier molecular flexibility index (Phi) is 2.32. The monoisotopic (exact) mass is 214 g/mol. The summed E-state index contributed by atoms with van der Waals surface area (Å²) in [5.74, 6) is -0.283. The molecule has 1 aliphatic heterocycles. The Morgan fingerprint density at radius 2 is 2.00 bits per heavy atom. The van der Waals surface area contributed by atoms with Crippen molar-refractivity contribution in [1.29, 1.82) is 0 Å². The summed E-state index contributed by atoms with van der Waals surface area (Å²) in [4.78, 5) is 25.6. The van der Waals surface area contributed by atoms with Crippen LogP contribution in [0.4, 0.5) is 0 Å². The standard InChI is InChI=1S/C12H10N2O2/c1-3-5-9-11-7(6-10(15)13-9)12(16)14-8(11)4-2/h3-6H,1-2H2,(H,13,15)(H,14,16)/b9-5+. The van der Waals surface area contributed by atoms with E-state index < -0.39 is 0 Å². The van der Waals surface area contributed by atoms with E-state index in [2.05, 4.69) is 23.5 Å². The van der Waals surface area contributed by atoms with Gasteiger partial charge in [0.2, 0.25) is 5.56 Å². The second-order valence-electron chi connectivity index (χ2n) is 3.31. The first kappa shape index (κ1) is 10.2. The number of rotatable bonds is 2. The highest BCUT2D eigenvalue weighted by molar-refractivity contribution is 6.03. The van der Waals surface area contributed by atoms with Gasteiger partial charge in [-0.05, 0) is 12.2 Å². The molecule has 0 fully saturated rings.